The van der Waals surface area contributed by atoms with Crippen molar-refractivity contribution in [3.05, 3.63) is 36.0 Å². The van der Waals surface area contributed by atoms with Crippen LogP contribution >= 0.6 is 11.6 Å². The molecule has 2 aromatic rings. The molecule has 2 rings (SSSR count). The lowest BCUT2D eigenvalue weighted by atomic mass is 10.2. The summed E-state index contributed by atoms with van der Waals surface area (Å²) >= 11 is 5.72. The lowest BCUT2D eigenvalue weighted by Gasteiger charge is -2.00. The molecule has 0 aliphatic rings. The Morgan fingerprint density at radius 3 is 2.88 bits per heavy atom. The van der Waals surface area contributed by atoms with Crippen LogP contribution in [0.25, 0.3) is 10.9 Å². The number of esters is 1. The molecule has 0 atom stereocenters. The highest BCUT2D eigenvalue weighted by Gasteiger charge is 2.14. The van der Waals surface area contributed by atoms with E-state index in [0.29, 0.717) is 18.0 Å². The SMILES string of the molecule is COC(=O)c1cn(CCCl)c2ccccc12. The summed E-state index contributed by atoms with van der Waals surface area (Å²) in [6, 6.07) is 7.72. The van der Waals surface area contributed by atoms with E-state index in [4.69, 9.17) is 16.3 Å². The van der Waals surface area contributed by atoms with E-state index in [1.165, 1.54) is 7.11 Å². The van der Waals surface area contributed by atoms with Crippen LogP contribution in [-0.2, 0) is 11.3 Å². The zero-order chi connectivity index (χ0) is 11.5. The molecule has 0 spiro atoms. The molecule has 0 aliphatic heterocycles. The van der Waals surface area contributed by atoms with Gasteiger partial charge < -0.3 is 9.30 Å². The van der Waals surface area contributed by atoms with Gasteiger partial charge in [-0.05, 0) is 6.07 Å². The molecular weight excluding hydrogens is 226 g/mol. The first-order chi connectivity index (χ1) is 7.77. The first kappa shape index (κ1) is 11.0. The monoisotopic (exact) mass is 237 g/mol. The number of fused-ring (bicyclic) bond motifs is 1. The van der Waals surface area contributed by atoms with Crippen LogP contribution in [0.4, 0.5) is 0 Å². The Bertz CT molecular complexity index is 519. The highest BCUT2D eigenvalue weighted by atomic mass is 35.5. The minimum absolute atomic E-state index is 0.315. The van der Waals surface area contributed by atoms with Crippen LogP contribution in [-0.4, -0.2) is 23.5 Å². The largest absolute Gasteiger partial charge is 0.465 e. The van der Waals surface area contributed by atoms with Gasteiger partial charge in [0.25, 0.3) is 0 Å². The van der Waals surface area contributed by atoms with E-state index in [-0.39, 0.29) is 5.97 Å². The molecule has 0 amide bonds. The Kier molecular flexibility index (Phi) is 3.15. The van der Waals surface area contributed by atoms with E-state index >= 15 is 0 Å². The second-order valence-corrected chi connectivity index (χ2v) is 3.81. The summed E-state index contributed by atoms with van der Waals surface area (Å²) in [5.74, 6) is 0.198. The number of nitrogens with zero attached hydrogens (tertiary/aromatic N) is 1. The summed E-state index contributed by atoms with van der Waals surface area (Å²) in [5, 5.41) is 0.902. The highest BCUT2D eigenvalue weighted by Crippen LogP contribution is 2.21. The van der Waals surface area contributed by atoms with Crippen LogP contribution in [0.2, 0.25) is 0 Å². The van der Waals surface area contributed by atoms with Crippen LogP contribution in [0.15, 0.2) is 30.5 Å². The number of carbonyl (C=O) groups excluding carboxylic acids is 1. The van der Waals surface area contributed by atoms with Gasteiger partial charge in [-0.1, -0.05) is 18.2 Å². The molecule has 1 heterocycles. The molecule has 0 unspecified atom stereocenters. The molecule has 1 aromatic heterocycles. The number of hydrogen-bond donors (Lipinski definition) is 0. The molecule has 16 heavy (non-hydrogen) atoms. The average molecular weight is 238 g/mol. The van der Waals surface area contributed by atoms with Gasteiger partial charge in [0.1, 0.15) is 0 Å². The zero-order valence-corrected chi connectivity index (χ0v) is 9.70. The average Bonchev–Trinajstić information content (AvgIpc) is 2.68. The quantitative estimate of drug-likeness (QED) is 0.607. The van der Waals surface area contributed by atoms with Crippen LogP contribution < -0.4 is 0 Å². The number of rotatable bonds is 3. The molecule has 4 heteroatoms. The van der Waals surface area contributed by atoms with E-state index < -0.39 is 0 Å². The minimum Gasteiger partial charge on any atom is -0.465 e. The van der Waals surface area contributed by atoms with Crippen molar-refractivity contribution in [2.24, 2.45) is 0 Å². The second-order valence-electron chi connectivity index (χ2n) is 3.43. The van der Waals surface area contributed by atoms with E-state index in [0.717, 1.165) is 10.9 Å². The molecule has 0 bridgehead atoms. The van der Waals surface area contributed by atoms with Crippen LogP contribution in [0, 0.1) is 0 Å². The topological polar surface area (TPSA) is 31.2 Å². The molecular formula is C12H12ClNO2. The van der Waals surface area contributed by atoms with Crippen LogP contribution in [0.5, 0.6) is 0 Å². The molecule has 1 aromatic carbocycles. The van der Waals surface area contributed by atoms with Gasteiger partial charge in [0, 0.05) is 29.5 Å². The Hall–Kier alpha value is -1.48. The molecule has 3 nitrogen and oxygen atoms in total. The van der Waals surface area contributed by atoms with E-state index in [1.54, 1.807) is 6.20 Å². The number of aromatic nitrogens is 1. The van der Waals surface area contributed by atoms with E-state index in [1.807, 2.05) is 28.8 Å². The number of para-hydroxylation sites is 1. The Labute approximate surface area is 98.6 Å². The molecule has 0 saturated carbocycles. The van der Waals surface area contributed by atoms with Crippen LogP contribution in [0.3, 0.4) is 0 Å². The number of benzene rings is 1. The van der Waals surface area contributed by atoms with Crippen molar-refractivity contribution in [2.75, 3.05) is 13.0 Å². The third-order valence-electron chi connectivity index (χ3n) is 2.52. The first-order valence-electron chi connectivity index (χ1n) is 5.00. The van der Waals surface area contributed by atoms with Gasteiger partial charge in [-0.25, -0.2) is 4.79 Å². The van der Waals surface area contributed by atoms with Gasteiger partial charge in [-0.2, -0.15) is 0 Å². The fourth-order valence-corrected chi connectivity index (χ4v) is 1.98. The fourth-order valence-electron chi connectivity index (χ4n) is 1.80. The third-order valence-corrected chi connectivity index (χ3v) is 2.69. The maximum absolute atomic E-state index is 11.6. The Balaban J connectivity index is 2.61. The van der Waals surface area contributed by atoms with Gasteiger partial charge in [0.05, 0.1) is 12.7 Å². The Morgan fingerprint density at radius 1 is 1.44 bits per heavy atom. The maximum Gasteiger partial charge on any atom is 0.340 e. The molecule has 0 radical (unpaired) electrons. The van der Waals surface area contributed by atoms with Crippen molar-refractivity contribution in [1.29, 1.82) is 0 Å². The highest BCUT2D eigenvalue weighted by molar-refractivity contribution is 6.17. The summed E-state index contributed by atoms with van der Waals surface area (Å²) in [4.78, 5) is 11.6. The van der Waals surface area contributed by atoms with Crippen LogP contribution in [0.1, 0.15) is 10.4 Å². The maximum atomic E-state index is 11.6. The third kappa shape index (κ3) is 1.78. The summed E-state index contributed by atoms with van der Waals surface area (Å²) in [7, 11) is 1.38. The lowest BCUT2D eigenvalue weighted by Crippen LogP contribution is -2.00. The van der Waals surface area contributed by atoms with Crippen molar-refractivity contribution in [2.45, 2.75) is 6.54 Å². The van der Waals surface area contributed by atoms with Gasteiger partial charge in [0.2, 0.25) is 0 Å². The molecule has 0 saturated heterocycles. The van der Waals surface area contributed by atoms with Crippen molar-refractivity contribution >= 4 is 28.5 Å². The number of hydrogen-bond acceptors (Lipinski definition) is 2. The van der Waals surface area contributed by atoms with Gasteiger partial charge >= 0.3 is 5.97 Å². The zero-order valence-electron chi connectivity index (χ0n) is 8.94. The standard InChI is InChI=1S/C12H12ClNO2/c1-16-12(15)10-8-14(7-6-13)11-5-3-2-4-9(10)11/h2-5,8H,6-7H2,1H3. The normalized spacial score (nSPS) is 10.6. The lowest BCUT2D eigenvalue weighted by molar-refractivity contribution is 0.0603. The first-order valence-corrected chi connectivity index (χ1v) is 5.53. The smallest absolute Gasteiger partial charge is 0.340 e. The van der Waals surface area contributed by atoms with Gasteiger partial charge in [0.15, 0.2) is 0 Å². The summed E-state index contributed by atoms with van der Waals surface area (Å²) in [6.45, 7) is 0.680. The Morgan fingerprint density at radius 2 is 2.19 bits per heavy atom. The molecule has 0 aliphatic carbocycles. The van der Waals surface area contributed by atoms with Crippen molar-refractivity contribution < 1.29 is 9.53 Å². The number of halogens is 1. The van der Waals surface area contributed by atoms with E-state index in [9.17, 15) is 4.79 Å². The number of methoxy groups -OCH3 is 1. The molecule has 84 valence electrons. The van der Waals surface area contributed by atoms with Crippen molar-refractivity contribution in [3.63, 3.8) is 0 Å². The summed E-state index contributed by atoms with van der Waals surface area (Å²) in [6.07, 6.45) is 1.79. The van der Waals surface area contributed by atoms with Crippen molar-refractivity contribution in [3.8, 4) is 0 Å². The minimum atomic E-state index is -0.315. The number of carbonyl (C=O) groups is 1. The number of ether oxygens (including phenoxy) is 1. The fraction of sp³-hybridized carbons (Fsp3) is 0.250. The molecule has 0 fully saturated rings. The summed E-state index contributed by atoms with van der Waals surface area (Å²) in [5.41, 5.74) is 1.59. The summed E-state index contributed by atoms with van der Waals surface area (Å²) < 4.78 is 6.72. The van der Waals surface area contributed by atoms with Gasteiger partial charge in [-0.15, -0.1) is 11.6 Å². The molecule has 0 N–H and O–H groups in total. The van der Waals surface area contributed by atoms with E-state index in [2.05, 4.69) is 0 Å². The predicted molar refractivity (Wildman–Crippen MR) is 64.0 cm³/mol. The number of alkyl halides is 1. The van der Waals surface area contributed by atoms with Crippen molar-refractivity contribution in [1.82, 2.24) is 4.57 Å². The van der Waals surface area contributed by atoms with Gasteiger partial charge in [-0.3, -0.25) is 0 Å². The second kappa shape index (κ2) is 4.58. The number of aryl methyl sites for hydroxylation is 1. The predicted octanol–water partition coefficient (Wildman–Crippen LogP) is 2.67.